The summed E-state index contributed by atoms with van der Waals surface area (Å²) in [5.74, 6) is 0.251. The van der Waals surface area contributed by atoms with E-state index in [-0.39, 0.29) is 34.8 Å². The molecule has 0 fully saturated rings. The van der Waals surface area contributed by atoms with Crippen molar-refractivity contribution >= 4 is 43.6 Å². The summed E-state index contributed by atoms with van der Waals surface area (Å²) in [6.07, 6.45) is 8.14. The SMILES string of the molecule is Cc1c(C)c(C(c2c[nH]c3ccc(O)cc23)c2c[nH]c3ccc(O)cc23)c(C)c(C)c1C(c1c[nH]c2ccc(O)cc12)c1c[nH]c2ccc(O)cc12. The average Bonchev–Trinajstić information content (AvgIpc) is 3.93. The highest BCUT2D eigenvalue weighted by atomic mass is 16.3. The number of nitrogens with one attached hydrogen (secondary N) is 4. The molecule has 0 amide bonds. The van der Waals surface area contributed by atoms with E-state index in [2.05, 4.69) is 47.6 Å². The van der Waals surface area contributed by atoms with E-state index in [4.69, 9.17) is 0 Å². The van der Waals surface area contributed by atoms with Gasteiger partial charge in [0.25, 0.3) is 0 Å². The quantitative estimate of drug-likeness (QED) is 0.0880. The predicted octanol–water partition coefficient (Wildman–Crippen LogP) is 10.0. The molecule has 9 aromatic rings. The van der Waals surface area contributed by atoms with Crippen molar-refractivity contribution in [3.8, 4) is 23.0 Å². The molecular formula is C44H38N4O4. The highest BCUT2D eigenvalue weighted by Gasteiger charge is 2.33. The van der Waals surface area contributed by atoms with E-state index < -0.39 is 0 Å². The lowest BCUT2D eigenvalue weighted by molar-refractivity contribution is 0.475. The first-order valence-electron chi connectivity index (χ1n) is 17.4. The monoisotopic (exact) mass is 686 g/mol. The maximum atomic E-state index is 10.6. The third kappa shape index (κ3) is 4.67. The van der Waals surface area contributed by atoms with Crippen molar-refractivity contribution in [2.75, 3.05) is 0 Å². The number of phenols is 4. The molecule has 0 radical (unpaired) electrons. The largest absolute Gasteiger partial charge is 0.508 e. The second-order valence-corrected chi connectivity index (χ2v) is 14.1. The Labute approximate surface area is 299 Å². The molecular weight excluding hydrogens is 649 g/mol. The van der Waals surface area contributed by atoms with Gasteiger partial charge in [-0.15, -0.1) is 0 Å². The van der Waals surface area contributed by atoms with Crippen molar-refractivity contribution in [2.24, 2.45) is 0 Å². The molecule has 52 heavy (non-hydrogen) atoms. The van der Waals surface area contributed by atoms with Crippen LogP contribution in [0.1, 0.15) is 67.5 Å². The number of aromatic hydroxyl groups is 4. The van der Waals surface area contributed by atoms with Gasteiger partial charge in [0.2, 0.25) is 0 Å². The first-order valence-corrected chi connectivity index (χ1v) is 17.4. The number of fused-ring (bicyclic) bond motifs is 4. The van der Waals surface area contributed by atoms with Gasteiger partial charge in [0, 0.05) is 80.2 Å². The second kappa shape index (κ2) is 11.5. The highest BCUT2D eigenvalue weighted by molar-refractivity contribution is 5.92. The van der Waals surface area contributed by atoms with Crippen LogP contribution in [0.3, 0.4) is 0 Å². The zero-order chi connectivity index (χ0) is 36.0. The maximum absolute atomic E-state index is 10.6. The molecule has 8 nitrogen and oxygen atoms in total. The minimum Gasteiger partial charge on any atom is -0.508 e. The van der Waals surface area contributed by atoms with E-state index >= 15 is 0 Å². The van der Waals surface area contributed by atoms with E-state index in [9.17, 15) is 20.4 Å². The zero-order valence-electron chi connectivity index (χ0n) is 29.2. The standard InChI is InChI=1S/C44H38N4O4/c1-21-22(2)42(44(35-19-47-39-11-7-27(51)15-31(35)39)36-20-48-40-12-8-28(52)16-32(36)40)24(4)23(3)41(21)43(33-17-45-37-9-5-25(49)13-29(33)37)34-18-46-38-10-6-26(50)14-30(34)38/h5-20,43-52H,1-4H3. The number of phenolic OH excluding ortho intramolecular Hbond substituents is 4. The fourth-order valence-electron chi connectivity index (χ4n) is 8.67. The molecule has 4 heterocycles. The zero-order valence-corrected chi connectivity index (χ0v) is 29.2. The Kier molecular flexibility index (Phi) is 6.95. The van der Waals surface area contributed by atoms with E-state index in [1.54, 1.807) is 24.3 Å². The van der Waals surface area contributed by atoms with Crippen LogP contribution in [0.15, 0.2) is 97.6 Å². The molecule has 0 aliphatic heterocycles. The van der Waals surface area contributed by atoms with E-state index in [0.717, 1.165) is 99.2 Å². The van der Waals surface area contributed by atoms with Crippen molar-refractivity contribution in [2.45, 2.75) is 39.5 Å². The third-order valence-electron chi connectivity index (χ3n) is 11.4. The minimum atomic E-state index is -0.258. The summed E-state index contributed by atoms with van der Waals surface area (Å²) in [4.78, 5) is 13.8. The predicted molar refractivity (Wildman–Crippen MR) is 207 cm³/mol. The smallest absolute Gasteiger partial charge is 0.116 e. The molecule has 8 heteroatoms. The van der Waals surface area contributed by atoms with Gasteiger partial charge >= 0.3 is 0 Å². The van der Waals surface area contributed by atoms with Crippen LogP contribution < -0.4 is 0 Å². The Morgan fingerprint density at radius 2 is 0.596 bits per heavy atom. The van der Waals surface area contributed by atoms with Crippen LogP contribution in [0.25, 0.3) is 43.6 Å². The van der Waals surface area contributed by atoms with Crippen LogP contribution in [-0.4, -0.2) is 40.4 Å². The van der Waals surface area contributed by atoms with Crippen molar-refractivity contribution in [3.63, 3.8) is 0 Å². The van der Waals surface area contributed by atoms with Crippen LogP contribution in [0.2, 0.25) is 0 Å². The van der Waals surface area contributed by atoms with Crippen LogP contribution in [0.5, 0.6) is 23.0 Å². The van der Waals surface area contributed by atoms with Crippen LogP contribution in [0.4, 0.5) is 0 Å². The third-order valence-corrected chi connectivity index (χ3v) is 11.4. The van der Waals surface area contributed by atoms with Crippen molar-refractivity contribution in [3.05, 3.63) is 153 Å². The van der Waals surface area contributed by atoms with E-state index in [1.165, 1.54) is 0 Å². The van der Waals surface area contributed by atoms with Gasteiger partial charge in [-0.3, -0.25) is 0 Å². The number of rotatable bonds is 6. The van der Waals surface area contributed by atoms with Crippen LogP contribution >= 0.6 is 0 Å². The Morgan fingerprint density at radius 3 is 0.827 bits per heavy atom. The summed E-state index contributed by atoms with van der Waals surface area (Å²) < 4.78 is 0. The molecule has 0 aliphatic rings. The van der Waals surface area contributed by atoms with E-state index in [0.29, 0.717) is 0 Å². The lowest BCUT2D eigenvalue weighted by Crippen LogP contribution is -2.15. The molecule has 0 atom stereocenters. The van der Waals surface area contributed by atoms with Crippen LogP contribution in [0, 0.1) is 27.7 Å². The van der Waals surface area contributed by atoms with Gasteiger partial charge in [-0.05, 0) is 156 Å². The highest BCUT2D eigenvalue weighted by Crippen LogP contribution is 2.49. The second-order valence-electron chi connectivity index (χ2n) is 14.1. The summed E-state index contributed by atoms with van der Waals surface area (Å²) in [5, 5.41) is 46.2. The fourth-order valence-corrected chi connectivity index (χ4v) is 8.67. The number of aromatic amines is 4. The summed E-state index contributed by atoms with van der Waals surface area (Å²) in [6, 6.07) is 21.6. The topological polar surface area (TPSA) is 144 Å². The Balaban J connectivity index is 1.35. The van der Waals surface area contributed by atoms with Crippen LogP contribution in [-0.2, 0) is 0 Å². The molecule has 258 valence electrons. The number of aromatic nitrogens is 4. The summed E-state index contributed by atoms with van der Waals surface area (Å²) in [7, 11) is 0. The fraction of sp³-hybridized carbons (Fsp3) is 0.136. The van der Waals surface area contributed by atoms with Gasteiger partial charge in [-0.25, -0.2) is 0 Å². The molecule has 9 rings (SSSR count). The van der Waals surface area contributed by atoms with E-state index in [1.807, 2.05) is 73.3 Å². The molecule has 0 spiro atoms. The Hall–Kier alpha value is -6.54. The number of benzene rings is 5. The molecule has 0 saturated heterocycles. The lowest BCUT2D eigenvalue weighted by Gasteiger charge is -2.30. The van der Waals surface area contributed by atoms with Crippen molar-refractivity contribution < 1.29 is 20.4 Å². The molecule has 0 unspecified atom stereocenters. The van der Waals surface area contributed by atoms with Gasteiger partial charge in [-0.1, -0.05) is 0 Å². The van der Waals surface area contributed by atoms with Gasteiger partial charge in [0.15, 0.2) is 0 Å². The van der Waals surface area contributed by atoms with Gasteiger partial charge in [0.05, 0.1) is 0 Å². The van der Waals surface area contributed by atoms with Crippen molar-refractivity contribution in [1.82, 2.24) is 19.9 Å². The molecule has 4 aromatic heterocycles. The summed E-state index contributed by atoms with van der Waals surface area (Å²) in [5.41, 5.74) is 14.6. The molecule has 0 saturated carbocycles. The molecule has 5 aromatic carbocycles. The van der Waals surface area contributed by atoms with Crippen molar-refractivity contribution in [1.29, 1.82) is 0 Å². The van der Waals surface area contributed by atoms with Gasteiger partial charge in [-0.2, -0.15) is 0 Å². The number of H-pyrrole nitrogens is 4. The minimum absolute atomic E-state index is 0.192. The summed E-state index contributed by atoms with van der Waals surface area (Å²) in [6.45, 7) is 8.74. The lowest BCUT2D eigenvalue weighted by atomic mass is 9.73. The molecule has 0 aliphatic carbocycles. The molecule has 0 bridgehead atoms. The number of hydrogen-bond acceptors (Lipinski definition) is 4. The Morgan fingerprint density at radius 1 is 0.365 bits per heavy atom. The first kappa shape index (κ1) is 31.4. The number of hydrogen-bond donors (Lipinski definition) is 8. The van der Waals surface area contributed by atoms with Gasteiger partial charge < -0.3 is 40.4 Å². The Bertz CT molecular complexity index is 2480. The average molecular weight is 687 g/mol. The first-order chi connectivity index (χ1) is 25.1. The maximum Gasteiger partial charge on any atom is 0.116 e. The molecule has 8 N–H and O–H groups in total. The van der Waals surface area contributed by atoms with Gasteiger partial charge in [0.1, 0.15) is 23.0 Å². The summed E-state index contributed by atoms with van der Waals surface area (Å²) >= 11 is 0. The normalized spacial score (nSPS) is 12.1.